The zero-order chi connectivity index (χ0) is 33.2. The highest BCUT2D eigenvalue weighted by atomic mass is 32.3. The molecule has 20 heteroatoms. The summed E-state index contributed by atoms with van der Waals surface area (Å²) in [5.41, 5.74) is 3.89. The molecule has 46 heavy (non-hydrogen) atoms. The number of ether oxygens (including phenoxy) is 1. The van der Waals surface area contributed by atoms with Crippen molar-refractivity contribution in [2.24, 2.45) is 17.0 Å². The van der Waals surface area contributed by atoms with Gasteiger partial charge in [-0.2, -0.15) is 13.9 Å². The van der Waals surface area contributed by atoms with Crippen LogP contribution in [0.5, 0.6) is 5.75 Å². The van der Waals surface area contributed by atoms with Gasteiger partial charge in [-0.15, -0.1) is 11.3 Å². The number of amides is 1. The zero-order valence-corrected chi connectivity index (χ0v) is 26.1. The molecule has 0 saturated carbocycles. The van der Waals surface area contributed by atoms with Crippen LogP contribution >= 0.6 is 11.3 Å². The van der Waals surface area contributed by atoms with Gasteiger partial charge < -0.3 is 30.3 Å². The Kier molecular flexibility index (Phi) is 9.35. The predicted octanol–water partition coefficient (Wildman–Crippen LogP) is -0.741. The quantitative estimate of drug-likeness (QED) is 0.0448. The molecule has 0 spiro atoms. The smallest absolute Gasteiger partial charge is 0.351 e. The number of carbonyl (C=O) groups is 3. The predicted molar refractivity (Wildman–Crippen MR) is 156 cm³/mol. The van der Waals surface area contributed by atoms with Gasteiger partial charge in [0.1, 0.15) is 30.4 Å². The van der Waals surface area contributed by atoms with Gasteiger partial charge in [-0.25, -0.2) is 27.7 Å². The topological polar surface area (TPSA) is 245 Å². The number of nitrogens with two attached hydrogens (primary N) is 1. The van der Waals surface area contributed by atoms with Crippen LogP contribution in [0.25, 0.3) is 5.82 Å². The Labute approximate surface area is 266 Å². The molecule has 0 bridgehead atoms. The summed E-state index contributed by atoms with van der Waals surface area (Å²) in [5.74, 6) is -2.80. The van der Waals surface area contributed by atoms with E-state index in [1.807, 2.05) is 23.3 Å². The highest BCUT2D eigenvalue weighted by molar-refractivity contribution is 7.80. The minimum absolute atomic E-state index is 0.0344. The lowest BCUT2D eigenvalue weighted by Crippen LogP contribution is -2.68. The van der Waals surface area contributed by atoms with Gasteiger partial charge in [0.05, 0.1) is 24.2 Å². The number of nitrogens with one attached hydrogen (secondary N) is 1. The summed E-state index contributed by atoms with van der Waals surface area (Å²) in [5, 5.41) is 18.6. The second-order valence-corrected chi connectivity index (χ2v) is 13.0. The summed E-state index contributed by atoms with van der Waals surface area (Å²) >= 11 is 0.979. The molecular weight excluding hydrogens is 648 g/mol. The van der Waals surface area contributed by atoms with E-state index < -0.39 is 64.4 Å². The van der Waals surface area contributed by atoms with Crippen molar-refractivity contribution in [3.05, 3.63) is 48.1 Å². The van der Waals surface area contributed by atoms with Gasteiger partial charge in [0.15, 0.2) is 16.6 Å². The van der Waals surface area contributed by atoms with Crippen LogP contribution < -0.4 is 20.4 Å². The van der Waals surface area contributed by atoms with Crippen LogP contribution in [0.15, 0.2) is 47.6 Å². The molecule has 1 amide bonds. The lowest BCUT2D eigenvalue weighted by Gasteiger charge is -2.51. The molecular formula is C26H30N8O10S2. The fourth-order valence-corrected chi connectivity index (χ4v) is 5.74. The molecule has 246 valence electrons. The summed E-state index contributed by atoms with van der Waals surface area (Å²) in [6.07, 6.45) is 4.98. The molecule has 0 aliphatic carbocycles. The van der Waals surface area contributed by atoms with Gasteiger partial charge in [0.2, 0.25) is 22.5 Å². The van der Waals surface area contributed by atoms with Crippen molar-refractivity contribution in [2.45, 2.75) is 38.5 Å². The highest BCUT2D eigenvalue weighted by Gasteiger charge is 2.57. The SMILES string of the molecule is CC1(C)[C@H](CC(=O)/C(=N\O[C@@H](COc2ccc(-n3cc[n+](CC4CNC4)c3)nc2)C(=O)O)c2csc(N)n2)C(=O)N1OS(=O)(=O)[O-]. The molecule has 2 aliphatic heterocycles. The Bertz CT molecular complexity index is 1750. The Morgan fingerprint density at radius 3 is 2.67 bits per heavy atom. The molecule has 0 aromatic carbocycles. The van der Waals surface area contributed by atoms with Crippen molar-refractivity contribution < 1.29 is 50.9 Å². The average Bonchev–Trinajstić information content (AvgIpc) is 3.62. The third-order valence-corrected chi connectivity index (χ3v) is 8.42. The van der Waals surface area contributed by atoms with Crippen molar-refractivity contribution in [1.82, 2.24) is 24.9 Å². The van der Waals surface area contributed by atoms with Crippen LogP contribution in [-0.4, -0.2) is 92.4 Å². The van der Waals surface area contributed by atoms with Gasteiger partial charge in [-0.05, 0) is 19.9 Å². The van der Waals surface area contributed by atoms with E-state index in [4.69, 9.17) is 15.3 Å². The number of rotatable bonds is 15. The second kappa shape index (κ2) is 13.1. The standard InChI is InChI=1S/C26H30N8O10S2/c1-26(2)17(23(36)34(26)44-46(39,40)41)7-19(35)22(18-13-45-25(27)30-18)31-43-20(24(37)38)12-42-16-3-4-21(29-10-16)33-6-5-32(14-33)11-15-8-28-9-15/h3-6,10,13-15,17,20,28H,7-9,11-12H2,1-2H3,(H3-,27,30,37,38,39,40,41)/b31-22-/t17-,20+/m1/s1. The van der Waals surface area contributed by atoms with Crippen LogP contribution in [0.3, 0.4) is 0 Å². The van der Waals surface area contributed by atoms with Gasteiger partial charge in [-0.3, -0.25) is 9.59 Å². The normalized spacial score (nSPS) is 18.8. The van der Waals surface area contributed by atoms with E-state index in [9.17, 15) is 32.5 Å². The van der Waals surface area contributed by atoms with Crippen LogP contribution in [-0.2, 0) is 40.4 Å². The number of ketones is 1. The number of Topliss-reactive ketones (excluding diaryl/α,β-unsaturated/α-hetero) is 1. The van der Waals surface area contributed by atoms with Crippen molar-refractivity contribution in [2.75, 3.05) is 25.4 Å². The summed E-state index contributed by atoms with van der Waals surface area (Å²) in [7, 11) is -5.24. The highest BCUT2D eigenvalue weighted by Crippen LogP contribution is 2.40. The minimum Gasteiger partial charge on any atom is -0.724 e. The lowest BCUT2D eigenvalue weighted by atomic mass is 9.74. The van der Waals surface area contributed by atoms with E-state index in [1.165, 1.54) is 25.4 Å². The molecule has 2 aliphatic rings. The second-order valence-electron chi connectivity index (χ2n) is 11.1. The largest absolute Gasteiger partial charge is 0.724 e. The Morgan fingerprint density at radius 1 is 1.35 bits per heavy atom. The molecule has 2 fully saturated rings. The number of β-lactam (4-membered cyclic amide) rings is 1. The zero-order valence-electron chi connectivity index (χ0n) is 24.5. The molecule has 0 unspecified atom stereocenters. The van der Waals surface area contributed by atoms with E-state index in [-0.39, 0.29) is 16.6 Å². The van der Waals surface area contributed by atoms with E-state index in [1.54, 1.807) is 12.1 Å². The number of hydroxylamine groups is 2. The van der Waals surface area contributed by atoms with Gasteiger partial charge in [0.25, 0.3) is 12.0 Å². The molecule has 0 radical (unpaired) electrons. The number of oxime groups is 1. The minimum atomic E-state index is -5.24. The first kappa shape index (κ1) is 32.9. The molecule has 3 aromatic rings. The van der Waals surface area contributed by atoms with Gasteiger partial charge in [0, 0.05) is 36.9 Å². The van der Waals surface area contributed by atoms with E-state index in [2.05, 4.69) is 29.3 Å². The Morgan fingerprint density at radius 2 is 2.11 bits per heavy atom. The van der Waals surface area contributed by atoms with Crippen LogP contribution in [0, 0.1) is 11.8 Å². The monoisotopic (exact) mass is 678 g/mol. The summed E-state index contributed by atoms with van der Waals surface area (Å²) < 4.78 is 46.7. The lowest BCUT2D eigenvalue weighted by molar-refractivity contribution is -0.703. The first-order valence-corrected chi connectivity index (χ1v) is 16.0. The maximum atomic E-state index is 13.3. The van der Waals surface area contributed by atoms with Gasteiger partial charge in [-0.1, -0.05) is 5.16 Å². The maximum absolute atomic E-state index is 13.3. The van der Waals surface area contributed by atoms with Crippen molar-refractivity contribution in [1.29, 1.82) is 0 Å². The van der Waals surface area contributed by atoms with E-state index in [0.29, 0.717) is 16.8 Å². The first-order chi connectivity index (χ1) is 21.7. The number of imidazole rings is 1. The number of nitrogens with zero attached hydrogens (tertiary/aromatic N) is 6. The Hall–Kier alpha value is -4.50. The molecule has 2 saturated heterocycles. The van der Waals surface area contributed by atoms with Crippen molar-refractivity contribution in [3.63, 3.8) is 0 Å². The Balaban J connectivity index is 1.23. The third-order valence-electron chi connectivity index (χ3n) is 7.42. The van der Waals surface area contributed by atoms with Gasteiger partial charge >= 0.3 is 5.97 Å². The molecule has 5 rings (SSSR count). The average molecular weight is 679 g/mol. The number of hydrogen-bond donors (Lipinski definition) is 3. The summed E-state index contributed by atoms with van der Waals surface area (Å²) in [6, 6.07) is 3.31. The number of thiazole rings is 1. The van der Waals surface area contributed by atoms with Crippen LogP contribution in [0.4, 0.5) is 5.13 Å². The number of aromatic nitrogens is 4. The van der Waals surface area contributed by atoms with Crippen molar-refractivity contribution >= 4 is 50.2 Å². The molecule has 18 nitrogen and oxygen atoms in total. The fraction of sp³-hybridized carbons (Fsp3) is 0.423. The number of anilines is 1. The number of nitrogen functional groups attached to an aromatic ring is 1. The third kappa shape index (κ3) is 7.48. The van der Waals surface area contributed by atoms with Crippen LogP contribution in [0.1, 0.15) is 26.0 Å². The molecule has 2 atom stereocenters. The van der Waals surface area contributed by atoms with Crippen LogP contribution in [0.2, 0.25) is 0 Å². The number of carboxylic acids is 1. The number of carbonyl (C=O) groups excluding carboxylic acids is 2. The number of aliphatic carboxylic acids is 1. The number of hydrogen-bond acceptors (Lipinski definition) is 15. The number of carboxylic acid groups (broad SMARTS) is 1. The molecule has 3 aromatic heterocycles. The summed E-state index contributed by atoms with van der Waals surface area (Å²) in [4.78, 5) is 51.3. The first-order valence-electron chi connectivity index (χ1n) is 13.8. The maximum Gasteiger partial charge on any atom is 0.351 e. The van der Waals surface area contributed by atoms with Crippen molar-refractivity contribution in [3.8, 4) is 11.6 Å². The van der Waals surface area contributed by atoms with E-state index >= 15 is 0 Å². The fourth-order valence-electron chi connectivity index (χ4n) is 4.74. The number of pyridine rings is 1. The summed E-state index contributed by atoms with van der Waals surface area (Å²) in [6.45, 7) is 5.15. The molecule has 4 N–H and O–H groups in total. The molecule has 5 heterocycles. The van der Waals surface area contributed by atoms with E-state index in [0.717, 1.165) is 31.0 Å².